The van der Waals surface area contributed by atoms with Crippen molar-refractivity contribution in [3.8, 4) is 0 Å². The SMILES string of the molecule is CCC(Sc1cccc(NC(=O)/C=C/C(=O)O)c1)C(=O)Nc1c(F)c(F)cc(F)c1F. The number of rotatable bonds is 8. The molecule has 2 aromatic rings. The van der Waals surface area contributed by atoms with E-state index in [9.17, 15) is 31.9 Å². The van der Waals surface area contributed by atoms with E-state index in [0.29, 0.717) is 16.7 Å². The molecule has 1 unspecified atom stereocenters. The average Bonchev–Trinajstić information content (AvgIpc) is 2.72. The van der Waals surface area contributed by atoms with Gasteiger partial charge in [0.1, 0.15) is 5.69 Å². The second-order valence-corrected chi connectivity index (χ2v) is 7.31. The van der Waals surface area contributed by atoms with Gasteiger partial charge in [0.05, 0.1) is 5.25 Å². The molecule has 3 N–H and O–H groups in total. The first-order valence-electron chi connectivity index (χ1n) is 8.75. The van der Waals surface area contributed by atoms with E-state index < -0.39 is 52.0 Å². The molecule has 11 heteroatoms. The number of anilines is 2. The zero-order valence-electron chi connectivity index (χ0n) is 15.9. The number of hydrogen-bond donors (Lipinski definition) is 3. The Labute approximate surface area is 178 Å². The maximum Gasteiger partial charge on any atom is 0.328 e. The minimum Gasteiger partial charge on any atom is -0.478 e. The fourth-order valence-electron chi connectivity index (χ4n) is 2.35. The van der Waals surface area contributed by atoms with Crippen molar-refractivity contribution in [2.45, 2.75) is 23.5 Å². The van der Waals surface area contributed by atoms with Crippen LogP contribution in [0.4, 0.5) is 28.9 Å². The molecule has 2 rings (SSSR count). The molecule has 0 spiro atoms. The summed E-state index contributed by atoms with van der Waals surface area (Å²) in [6.07, 6.45) is 1.69. The topological polar surface area (TPSA) is 95.5 Å². The Kier molecular flexibility index (Phi) is 8.20. The standard InChI is InChI=1S/C20H16F4N2O4S/c1-2-14(20(30)26-19-17(23)12(21)9-13(22)18(19)24)31-11-5-3-4-10(8-11)25-15(27)6-7-16(28)29/h3-9,14H,2H2,1H3,(H,25,27)(H,26,30)(H,28,29)/b7-6+. The zero-order valence-corrected chi connectivity index (χ0v) is 16.7. The summed E-state index contributed by atoms with van der Waals surface area (Å²) >= 11 is 0.988. The summed E-state index contributed by atoms with van der Waals surface area (Å²) in [6.45, 7) is 1.62. The Morgan fingerprint density at radius 1 is 1.03 bits per heavy atom. The summed E-state index contributed by atoms with van der Waals surface area (Å²) < 4.78 is 54.3. The molecule has 0 aromatic heterocycles. The smallest absolute Gasteiger partial charge is 0.328 e. The van der Waals surface area contributed by atoms with Crippen LogP contribution in [-0.2, 0) is 14.4 Å². The van der Waals surface area contributed by atoms with Crippen LogP contribution in [0.25, 0.3) is 0 Å². The summed E-state index contributed by atoms with van der Waals surface area (Å²) in [6, 6.07) is 6.23. The van der Waals surface area contributed by atoms with E-state index >= 15 is 0 Å². The fraction of sp³-hybridized carbons (Fsp3) is 0.150. The highest BCUT2D eigenvalue weighted by molar-refractivity contribution is 8.00. The summed E-state index contributed by atoms with van der Waals surface area (Å²) in [5, 5.41) is 12.0. The molecule has 1 atom stereocenters. The molecule has 0 aliphatic heterocycles. The second-order valence-electron chi connectivity index (χ2n) is 6.04. The summed E-state index contributed by atoms with van der Waals surface area (Å²) in [7, 11) is 0. The third kappa shape index (κ3) is 6.57. The molecule has 0 radical (unpaired) electrons. The van der Waals surface area contributed by atoms with Crippen molar-refractivity contribution in [2.75, 3.05) is 10.6 Å². The van der Waals surface area contributed by atoms with Crippen molar-refractivity contribution < 1.29 is 37.1 Å². The van der Waals surface area contributed by atoms with E-state index in [1.807, 2.05) is 5.32 Å². The van der Waals surface area contributed by atoms with Crippen molar-refractivity contribution in [3.63, 3.8) is 0 Å². The lowest BCUT2D eigenvalue weighted by atomic mass is 10.2. The maximum absolute atomic E-state index is 13.8. The van der Waals surface area contributed by atoms with Crippen LogP contribution in [-0.4, -0.2) is 28.1 Å². The minimum atomic E-state index is -1.72. The van der Waals surface area contributed by atoms with E-state index in [1.165, 1.54) is 12.1 Å². The Morgan fingerprint density at radius 2 is 1.68 bits per heavy atom. The molecule has 0 bridgehead atoms. The number of nitrogens with one attached hydrogen (secondary N) is 2. The lowest BCUT2D eigenvalue weighted by Gasteiger charge is -2.16. The third-order valence-electron chi connectivity index (χ3n) is 3.78. The maximum atomic E-state index is 13.8. The van der Waals surface area contributed by atoms with Gasteiger partial charge in [-0.1, -0.05) is 13.0 Å². The number of thioether (sulfide) groups is 1. The predicted octanol–water partition coefficient (Wildman–Crippen LogP) is 4.33. The number of carboxylic acid groups (broad SMARTS) is 1. The molecule has 0 aliphatic carbocycles. The Hall–Kier alpha value is -3.34. The molecule has 0 saturated carbocycles. The summed E-state index contributed by atoms with van der Waals surface area (Å²) in [4.78, 5) is 35.1. The Bertz CT molecular complexity index is 1020. The third-order valence-corrected chi connectivity index (χ3v) is 5.14. The van der Waals surface area contributed by atoms with Crippen LogP contribution in [0.2, 0.25) is 0 Å². The van der Waals surface area contributed by atoms with Crippen LogP contribution in [0.1, 0.15) is 13.3 Å². The van der Waals surface area contributed by atoms with Crippen molar-refractivity contribution in [3.05, 3.63) is 65.8 Å². The molecule has 2 aromatic carbocycles. The van der Waals surface area contributed by atoms with E-state index in [4.69, 9.17) is 5.11 Å². The number of aliphatic carboxylic acids is 1. The van der Waals surface area contributed by atoms with E-state index in [1.54, 1.807) is 19.1 Å². The van der Waals surface area contributed by atoms with E-state index in [0.717, 1.165) is 17.8 Å². The van der Waals surface area contributed by atoms with E-state index in [2.05, 4.69) is 5.32 Å². The van der Waals surface area contributed by atoms with Crippen LogP contribution in [0.3, 0.4) is 0 Å². The molecule has 2 amide bonds. The zero-order chi connectivity index (χ0) is 23.1. The number of carboxylic acids is 1. The van der Waals surface area contributed by atoms with Crippen molar-refractivity contribution in [1.29, 1.82) is 0 Å². The fourth-order valence-corrected chi connectivity index (χ4v) is 3.36. The highest BCUT2D eigenvalue weighted by Crippen LogP contribution is 2.30. The number of benzene rings is 2. The van der Waals surface area contributed by atoms with Crippen LogP contribution in [0.15, 0.2) is 47.4 Å². The first-order chi connectivity index (χ1) is 14.6. The molecule has 0 aliphatic rings. The van der Waals surface area contributed by atoms with Gasteiger partial charge in [0, 0.05) is 28.8 Å². The lowest BCUT2D eigenvalue weighted by molar-refractivity contribution is -0.131. The lowest BCUT2D eigenvalue weighted by Crippen LogP contribution is -2.26. The van der Waals surface area contributed by atoms with Gasteiger partial charge in [-0.3, -0.25) is 9.59 Å². The molecule has 164 valence electrons. The normalized spacial score (nSPS) is 11.9. The predicted molar refractivity (Wildman–Crippen MR) is 107 cm³/mol. The second kappa shape index (κ2) is 10.6. The van der Waals surface area contributed by atoms with Gasteiger partial charge >= 0.3 is 5.97 Å². The highest BCUT2D eigenvalue weighted by atomic mass is 32.2. The average molecular weight is 456 g/mol. The number of carbonyl (C=O) groups excluding carboxylic acids is 2. The van der Waals surface area contributed by atoms with Gasteiger partial charge in [0.15, 0.2) is 23.3 Å². The monoisotopic (exact) mass is 456 g/mol. The number of halogens is 4. The van der Waals surface area contributed by atoms with Crippen molar-refractivity contribution >= 4 is 40.9 Å². The largest absolute Gasteiger partial charge is 0.478 e. The van der Waals surface area contributed by atoms with Crippen LogP contribution >= 0.6 is 11.8 Å². The molecule has 6 nitrogen and oxygen atoms in total. The Balaban J connectivity index is 2.14. The number of amides is 2. The van der Waals surface area contributed by atoms with Crippen LogP contribution in [0.5, 0.6) is 0 Å². The first kappa shape index (κ1) is 23.9. The molecular formula is C20H16F4N2O4S. The minimum absolute atomic E-state index is 0.0395. The molecular weight excluding hydrogens is 440 g/mol. The van der Waals surface area contributed by atoms with Gasteiger partial charge in [0.25, 0.3) is 0 Å². The number of carbonyl (C=O) groups is 3. The van der Waals surface area contributed by atoms with Gasteiger partial charge in [-0.05, 0) is 24.6 Å². The highest BCUT2D eigenvalue weighted by Gasteiger charge is 2.25. The van der Waals surface area contributed by atoms with Gasteiger partial charge in [-0.25, -0.2) is 22.4 Å². The summed E-state index contributed by atoms with van der Waals surface area (Å²) in [5.74, 6) is -9.58. The first-order valence-corrected chi connectivity index (χ1v) is 9.62. The van der Waals surface area contributed by atoms with Crippen molar-refractivity contribution in [2.24, 2.45) is 0 Å². The molecule has 31 heavy (non-hydrogen) atoms. The van der Waals surface area contributed by atoms with Gasteiger partial charge in [0.2, 0.25) is 11.8 Å². The molecule has 0 fully saturated rings. The molecule has 0 heterocycles. The Morgan fingerprint density at radius 3 is 2.26 bits per heavy atom. The van der Waals surface area contributed by atoms with Crippen LogP contribution in [0, 0.1) is 23.3 Å². The van der Waals surface area contributed by atoms with Gasteiger partial charge in [-0.2, -0.15) is 0 Å². The van der Waals surface area contributed by atoms with Gasteiger partial charge in [-0.15, -0.1) is 11.8 Å². The number of hydrogen-bond acceptors (Lipinski definition) is 4. The summed E-state index contributed by atoms with van der Waals surface area (Å²) in [5.41, 5.74) is -0.905. The molecule has 0 saturated heterocycles. The quantitative estimate of drug-likeness (QED) is 0.238. The van der Waals surface area contributed by atoms with Gasteiger partial charge < -0.3 is 15.7 Å². The van der Waals surface area contributed by atoms with Crippen LogP contribution < -0.4 is 10.6 Å². The van der Waals surface area contributed by atoms with Crippen molar-refractivity contribution in [1.82, 2.24) is 0 Å². The van der Waals surface area contributed by atoms with E-state index in [-0.39, 0.29) is 12.5 Å².